The fraction of sp³-hybridized carbons (Fsp3) is 0.667. The fourth-order valence-electron chi connectivity index (χ4n) is 3.58. The number of guanidine groups is 1. The maximum atomic E-state index is 10.3. The van der Waals surface area contributed by atoms with Crippen molar-refractivity contribution in [1.29, 1.82) is 0 Å². The molecule has 1 heterocycles. The monoisotopic (exact) mass is 361 g/mol. The largest absolute Gasteiger partial charge is 0.389 e. The highest BCUT2D eigenvalue weighted by molar-refractivity contribution is 5.80. The van der Waals surface area contributed by atoms with E-state index in [1.54, 1.807) is 0 Å². The third-order valence-electron chi connectivity index (χ3n) is 4.76. The predicted octanol–water partition coefficient (Wildman–Crippen LogP) is 3.07. The Bertz CT molecular complexity index is 539. The van der Waals surface area contributed by atoms with E-state index in [0.717, 1.165) is 31.2 Å². The van der Waals surface area contributed by atoms with Crippen molar-refractivity contribution in [3.8, 4) is 0 Å². The lowest BCUT2D eigenvalue weighted by Crippen LogP contribution is -2.48. The Hall–Kier alpha value is -1.59. The van der Waals surface area contributed by atoms with Crippen LogP contribution < -0.4 is 5.32 Å². The van der Waals surface area contributed by atoms with E-state index in [9.17, 15) is 5.11 Å². The van der Waals surface area contributed by atoms with Crippen LogP contribution in [0.15, 0.2) is 35.3 Å². The van der Waals surface area contributed by atoms with Crippen LogP contribution in [-0.4, -0.2) is 54.9 Å². The van der Waals surface area contributed by atoms with Crippen LogP contribution in [0.5, 0.6) is 0 Å². The molecule has 0 bridgehead atoms. The minimum Gasteiger partial charge on any atom is -0.389 e. The quantitative estimate of drug-likeness (QED) is 0.579. The second-order valence-corrected chi connectivity index (χ2v) is 7.59. The predicted molar refractivity (Wildman–Crippen MR) is 107 cm³/mol. The first kappa shape index (κ1) is 20.7. The van der Waals surface area contributed by atoms with Gasteiger partial charge in [-0.3, -0.25) is 4.99 Å². The Morgan fingerprint density at radius 1 is 1.27 bits per heavy atom. The summed E-state index contributed by atoms with van der Waals surface area (Å²) in [5.41, 5.74) is 1.12. The molecule has 1 aliphatic heterocycles. The molecule has 0 amide bonds. The van der Waals surface area contributed by atoms with E-state index in [1.807, 2.05) is 37.3 Å². The summed E-state index contributed by atoms with van der Waals surface area (Å²) in [5, 5.41) is 13.6. The summed E-state index contributed by atoms with van der Waals surface area (Å²) >= 11 is 0. The van der Waals surface area contributed by atoms with Gasteiger partial charge >= 0.3 is 0 Å². The van der Waals surface area contributed by atoms with Gasteiger partial charge in [-0.1, -0.05) is 44.2 Å². The highest BCUT2D eigenvalue weighted by Crippen LogP contribution is 2.21. The maximum absolute atomic E-state index is 10.3. The van der Waals surface area contributed by atoms with Crippen molar-refractivity contribution in [1.82, 2.24) is 10.2 Å². The van der Waals surface area contributed by atoms with E-state index in [4.69, 9.17) is 4.74 Å². The third kappa shape index (κ3) is 6.61. The molecule has 1 aromatic rings. The summed E-state index contributed by atoms with van der Waals surface area (Å²) in [6.45, 7) is 12.2. The summed E-state index contributed by atoms with van der Waals surface area (Å²) in [6.07, 6.45) is 0.630. The first-order chi connectivity index (χ1) is 12.5. The highest BCUT2D eigenvalue weighted by atomic mass is 16.5. The van der Waals surface area contributed by atoms with Crippen LogP contribution in [-0.2, 0) is 4.74 Å². The zero-order valence-corrected chi connectivity index (χ0v) is 16.7. The normalized spacial score (nSPS) is 23.6. The Balaban J connectivity index is 1.85. The van der Waals surface area contributed by atoms with E-state index in [-0.39, 0.29) is 12.7 Å². The summed E-state index contributed by atoms with van der Waals surface area (Å²) in [7, 11) is 0. The number of hydrogen-bond donors (Lipinski definition) is 2. The Kier molecular flexibility index (Phi) is 8.39. The molecule has 0 aromatic heterocycles. The molecule has 2 rings (SSSR count). The van der Waals surface area contributed by atoms with E-state index in [0.29, 0.717) is 18.4 Å². The lowest BCUT2D eigenvalue weighted by atomic mass is 9.92. The minimum absolute atomic E-state index is 0.0353. The molecule has 1 aliphatic rings. The van der Waals surface area contributed by atoms with Crippen LogP contribution >= 0.6 is 0 Å². The van der Waals surface area contributed by atoms with Crippen molar-refractivity contribution in [3.63, 3.8) is 0 Å². The van der Waals surface area contributed by atoms with Gasteiger partial charge in [-0.15, -0.1) is 0 Å². The Morgan fingerprint density at radius 2 is 1.92 bits per heavy atom. The molecule has 26 heavy (non-hydrogen) atoms. The molecule has 4 atom stereocenters. The number of rotatable bonds is 7. The number of benzene rings is 1. The van der Waals surface area contributed by atoms with Gasteiger partial charge in [-0.05, 0) is 37.7 Å². The van der Waals surface area contributed by atoms with Crippen LogP contribution in [0, 0.1) is 11.8 Å². The number of ether oxygens (including phenoxy) is 1. The molecule has 2 N–H and O–H groups in total. The Morgan fingerprint density at radius 3 is 2.54 bits per heavy atom. The molecule has 0 spiro atoms. The molecule has 146 valence electrons. The summed E-state index contributed by atoms with van der Waals surface area (Å²) in [6, 6.07) is 10.1. The molecule has 1 saturated heterocycles. The summed E-state index contributed by atoms with van der Waals surface area (Å²) in [4.78, 5) is 6.98. The average molecular weight is 362 g/mol. The van der Waals surface area contributed by atoms with E-state index in [2.05, 4.69) is 36.0 Å². The van der Waals surface area contributed by atoms with Gasteiger partial charge in [-0.2, -0.15) is 0 Å². The average Bonchev–Trinajstić information content (AvgIpc) is 2.63. The highest BCUT2D eigenvalue weighted by Gasteiger charge is 2.24. The number of hydrogen-bond acceptors (Lipinski definition) is 3. The third-order valence-corrected chi connectivity index (χ3v) is 4.76. The van der Waals surface area contributed by atoms with Crippen molar-refractivity contribution >= 4 is 5.96 Å². The van der Waals surface area contributed by atoms with Crippen LogP contribution in [0.2, 0.25) is 0 Å². The molecule has 0 radical (unpaired) electrons. The molecule has 0 saturated carbocycles. The van der Waals surface area contributed by atoms with Gasteiger partial charge in [0.1, 0.15) is 0 Å². The van der Waals surface area contributed by atoms with Crippen LogP contribution in [0.1, 0.15) is 45.8 Å². The molecule has 5 heteroatoms. The first-order valence-corrected chi connectivity index (χ1v) is 9.87. The molecule has 1 fully saturated rings. The van der Waals surface area contributed by atoms with Crippen molar-refractivity contribution < 1.29 is 9.84 Å². The fourth-order valence-corrected chi connectivity index (χ4v) is 3.58. The Labute approximate surface area is 158 Å². The van der Waals surface area contributed by atoms with Gasteiger partial charge in [0.25, 0.3) is 0 Å². The smallest absolute Gasteiger partial charge is 0.194 e. The lowest BCUT2D eigenvalue weighted by Gasteiger charge is -2.37. The van der Waals surface area contributed by atoms with Crippen molar-refractivity contribution in [2.45, 2.75) is 46.3 Å². The molecule has 1 aromatic carbocycles. The SMILES string of the molecule is CCNC(=NCC(O)COC(C)c1ccccc1)N1CC(C)CC(C)C1. The van der Waals surface area contributed by atoms with Crippen molar-refractivity contribution in [2.24, 2.45) is 16.8 Å². The number of piperidine rings is 1. The number of likely N-dealkylation sites (tertiary alicyclic amines) is 1. The molecule has 4 unspecified atom stereocenters. The molecule has 0 aliphatic carbocycles. The van der Waals surface area contributed by atoms with Crippen LogP contribution in [0.25, 0.3) is 0 Å². The maximum Gasteiger partial charge on any atom is 0.194 e. The van der Waals surface area contributed by atoms with E-state index in [1.165, 1.54) is 6.42 Å². The minimum atomic E-state index is -0.602. The van der Waals surface area contributed by atoms with E-state index < -0.39 is 6.10 Å². The van der Waals surface area contributed by atoms with Crippen molar-refractivity contribution in [2.75, 3.05) is 32.8 Å². The first-order valence-electron chi connectivity index (χ1n) is 9.87. The van der Waals surface area contributed by atoms with Crippen LogP contribution in [0.4, 0.5) is 0 Å². The van der Waals surface area contributed by atoms with Gasteiger partial charge in [0.15, 0.2) is 5.96 Å². The van der Waals surface area contributed by atoms with Gasteiger partial charge in [0.2, 0.25) is 0 Å². The molecular formula is C21H35N3O2. The second-order valence-electron chi connectivity index (χ2n) is 7.59. The zero-order valence-electron chi connectivity index (χ0n) is 16.7. The number of aliphatic hydroxyl groups is 1. The van der Waals surface area contributed by atoms with Crippen molar-refractivity contribution in [3.05, 3.63) is 35.9 Å². The topological polar surface area (TPSA) is 57.1 Å². The summed E-state index contributed by atoms with van der Waals surface area (Å²) in [5.74, 6) is 2.24. The molecule has 5 nitrogen and oxygen atoms in total. The number of aliphatic imine (C=N–C) groups is 1. The molecular weight excluding hydrogens is 326 g/mol. The van der Waals surface area contributed by atoms with Gasteiger partial charge in [0.05, 0.1) is 25.4 Å². The standard InChI is InChI=1S/C21H35N3O2/c1-5-22-21(24-13-16(2)11-17(3)14-24)23-12-20(25)15-26-18(4)19-9-7-6-8-10-19/h6-10,16-18,20,25H,5,11-15H2,1-4H3,(H,22,23). The summed E-state index contributed by atoms with van der Waals surface area (Å²) < 4.78 is 5.81. The van der Waals surface area contributed by atoms with Gasteiger partial charge in [0, 0.05) is 19.6 Å². The van der Waals surface area contributed by atoms with Crippen LogP contribution in [0.3, 0.4) is 0 Å². The van der Waals surface area contributed by atoms with Gasteiger partial charge in [-0.25, -0.2) is 0 Å². The number of nitrogens with zero attached hydrogens (tertiary/aromatic N) is 2. The second kappa shape index (κ2) is 10.5. The number of nitrogens with one attached hydrogen (secondary N) is 1. The lowest BCUT2D eigenvalue weighted by molar-refractivity contribution is 0.00101. The zero-order chi connectivity index (χ0) is 18.9. The van der Waals surface area contributed by atoms with Gasteiger partial charge < -0.3 is 20.1 Å². The van der Waals surface area contributed by atoms with E-state index >= 15 is 0 Å². The number of aliphatic hydroxyl groups excluding tert-OH is 1.